The highest BCUT2D eigenvalue weighted by molar-refractivity contribution is 8.10. The molecule has 172 valence electrons. The molecule has 0 heterocycles. The summed E-state index contributed by atoms with van der Waals surface area (Å²) in [5.41, 5.74) is -0.808. The lowest BCUT2D eigenvalue weighted by molar-refractivity contribution is -0.385. The highest BCUT2D eigenvalue weighted by atomic mass is 35.5. The van der Waals surface area contributed by atoms with Crippen LogP contribution < -0.4 is 3.71 Å². The van der Waals surface area contributed by atoms with Gasteiger partial charge in [0.2, 0.25) is 0 Å². The topological polar surface area (TPSA) is 158 Å². The Labute approximate surface area is 193 Å². The molecule has 0 aliphatic heterocycles. The van der Waals surface area contributed by atoms with Crippen LogP contribution in [0.4, 0.5) is 17.1 Å². The Morgan fingerprint density at radius 3 is 1.45 bits per heavy atom. The highest BCUT2D eigenvalue weighted by Crippen LogP contribution is 2.35. The first-order chi connectivity index (χ1) is 15.4. The van der Waals surface area contributed by atoms with Gasteiger partial charge in [-0.1, -0.05) is 11.6 Å². The SMILES string of the molecule is Cc1cc(Cl)ccc1N(S(=O)(=O)c1ccc([N+](=O)[O-])cc1)S(=O)(=O)c1ccc([N+](=O)[O-])cc1. The average molecular weight is 512 g/mol. The van der Waals surface area contributed by atoms with Gasteiger partial charge in [0.25, 0.3) is 31.4 Å². The van der Waals surface area contributed by atoms with Gasteiger partial charge in [-0.25, -0.2) is 16.8 Å². The van der Waals surface area contributed by atoms with Crippen LogP contribution in [-0.2, 0) is 20.0 Å². The summed E-state index contributed by atoms with van der Waals surface area (Å²) in [6.07, 6.45) is 0. The lowest BCUT2D eigenvalue weighted by atomic mass is 10.2. The normalized spacial score (nSPS) is 11.7. The number of non-ortho nitro benzene ring substituents is 2. The van der Waals surface area contributed by atoms with Crippen molar-refractivity contribution in [1.29, 1.82) is 0 Å². The van der Waals surface area contributed by atoms with E-state index >= 15 is 0 Å². The predicted molar refractivity (Wildman–Crippen MR) is 119 cm³/mol. The number of benzene rings is 3. The van der Waals surface area contributed by atoms with Gasteiger partial charge >= 0.3 is 0 Å². The molecule has 0 unspecified atom stereocenters. The monoisotopic (exact) mass is 511 g/mol. The molecule has 0 saturated heterocycles. The van der Waals surface area contributed by atoms with Crippen molar-refractivity contribution in [2.45, 2.75) is 16.7 Å². The molecule has 0 atom stereocenters. The number of nitrogens with zero attached hydrogens (tertiary/aromatic N) is 3. The second kappa shape index (κ2) is 8.77. The van der Waals surface area contributed by atoms with Crippen LogP contribution in [0.3, 0.4) is 0 Å². The van der Waals surface area contributed by atoms with Crippen molar-refractivity contribution in [3.63, 3.8) is 0 Å². The summed E-state index contributed by atoms with van der Waals surface area (Å²) < 4.78 is 54.1. The molecular weight excluding hydrogens is 498 g/mol. The summed E-state index contributed by atoms with van der Waals surface area (Å²) in [4.78, 5) is 19.3. The van der Waals surface area contributed by atoms with Gasteiger partial charge in [-0.05, 0) is 55.0 Å². The molecule has 0 radical (unpaired) electrons. The molecular formula is C19H14ClN3O8S2. The fourth-order valence-electron chi connectivity index (χ4n) is 2.88. The lowest BCUT2D eigenvalue weighted by Crippen LogP contribution is -2.37. The van der Waals surface area contributed by atoms with E-state index in [1.165, 1.54) is 25.1 Å². The maximum atomic E-state index is 13.5. The Kier molecular flexibility index (Phi) is 6.40. The quantitative estimate of drug-likeness (QED) is 0.339. The van der Waals surface area contributed by atoms with Gasteiger partial charge in [-0.15, -0.1) is 0 Å². The number of hydrogen-bond donors (Lipinski definition) is 0. The molecule has 3 aromatic carbocycles. The smallest absolute Gasteiger partial charge is 0.258 e. The number of hydrogen-bond acceptors (Lipinski definition) is 8. The Hall–Kier alpha value is -3.55. The first-order valence-electron chi connectivity index (χ1n) is 8.91. The molecule has 11 nitrogen and oxygen atoms in total. The summed E-state index contributed by atoms with van der Waals surface area (Å²) in [6, 6.07) is 11.2. The van der Waals surface area contributed by atoms with Crippen LogP contribution in [0.25, 0.3) is 0 Å². The molecule has 0 N–H and O–H groups in total. The lowest BCUT2D eigenvalue weighted by Gasteiger charge is -2.25. The van der Waals surface area contributed by atoms with Crippen molar-refractivity contribution in [3.05, 3.63) is 97.5 Å². The third-order valence-corrected chi connectivity index (χ3v) is 8.90. The molecule has 3 aromatic rings. The number of nitro groups is 2. The van der Waals surface area contributed by atoms with Crippen LogP contribution in [0.2, 0.25) is 5.02 Å². The van der Waals surface area contributed by atoms with Crippen LogP contribution in [0.15, 0.2) is 76.5 Å². The summed E-state index contributed by atoms with van der Waals surface area (Å²) in [7, 11) is -9.64. The Bertz CT molecular complexity index is 1370. The van der Waals surface area contributed by atoms with E-state index in [0.29, 0.717) is 0 Å². The van der Waals surface area contributed by atoms with E-state index < -0.39 is 39.7 Å². The molecule has 0 bridgehead atoms. The highest BCUT2D eigenvalue weighted by Gasteiger charge is 2.38. The van der Waals surface area contributed by atoms with Crippen molar-refractivity contribution in [2.75, 3.05) is 3.71 Å². The molecule has 14 heteroatoms. The minimum Gasteiger partial charge on any atom is -0.258 e. The molecule has 0 spiro atoms. The van der Waals surface area contributed by atoms with Crippen LogP contribution in [0.5, 0.6) is 0 Å². The van der Waals surface area contributed by atoms with Gasteiger partial charge in [0.15, 0.2) is 0 Å². The van der Waals surface area contributed by atoms with E-state index in [1.807, 2.05) is 0 Å². The largest absolute Gasteiger partial charge is 0.277 e. The summed E-state index contributed by atoms with van der Waals surface area (Å²) >= 11 is 5.93. The van der Waals surface area contributed by atoms with Gasteiger partial charge in [-0.3, -0.25) is 20.2 Å². The van der Waals surface area contributed by atoms with Gasteiger partial charge in [0, 0.05) is 29.3 Å². The van der Waals surface area contributed by atoms with E-state index in [4.69, 9.17) is 11.6 Å². The molecule has 0 aromatic heterocycles. The van der Waals surface area contributed by atoms with Gasteiger partial charge in [0.1, 0.15) is 0 Å². The van der Waals surface area contributed by atoms with Crippen molar-refractivity contribution in [3.8, 4) is 0 Å². The third kappa shape index (κ3) is 4.65. The van der Waals surface area contributed by atoms with E-state index in [0.717, 1.165) is 48.5 Å². The predicted octanol–water partition coefficient (Wildman–Crippen LogP) is 4.05. The van der Waals surface area contributed by atoms with Gasteiger partial charge < -0.3 is 0 Å². The van der Waals surface area contributed by atoms with E-state index in [1.54, 1.807) is 0 Å². The first kappa shape index (κ1) is 24.1. The van der Waals surface area contributed by atoms with Gasteiger partial charge in [-0.2, -0.15) is 3.71 Å². The number of rotatable bonds is 7. The molecule has 0 amide bonds. The number of anilines is 1. The third-order valence-electron chi connectivity index (χ3n) is 4.48. The first-order valence-corrected chi connectivity index (χ1v) is 12.2. The maximum absolute atomic E-state index is 13.5. The Morgan fingerprint density at radius 2 is 1.12 bits per heavy atom. The maximum Gasteiger partial charge on any atom is 0.277 e. The molecule has 0 fully saturated rings. The summed E-state index contributed by atoms with van der Waals surface area (Å²) in [5, 5.41) is 22.0. The minimum absolute atomic E-state index is 0.175. The number of nitro benzene ring substituents is 2. The van der Waals surface area contributed by atoms with Crippen LogP contribution in [-0.4, -0.2) is 26.7 Å². The van der Waals surface area contributed by atoms with E-state index in [2.05, 4.69) is 0 Å². The van der Waals surface area contributed by atoms with Gasteiger partial charge in [0.05, 0.1) is 25.3 Å². The molecule has 0 aliphatic rings. The van der Waals surface area contributed by atoms with Crippen molar-refractivity contribution in [1.82, 2.24) is 0 Å². The minimum atomic E-state index is -4.82. The Balaban J connectivity index is 2.25. The number of aryl methyl sites for hydroxylation is 1. The molecule has 0 aliphatic carbocycles. The van der Waals surface area contributed by atoms with Crippen LogP contribution in [0, 0.1) is 27.2 Å². The molecule has 3 rings (SSSR count). The number of sulfonamides is 2. The fourth-order valence-corrected chi connectivity index (χ4v) is 6.93. The zero-order chi connectivity index (χ0) is 24.6. The second-order valence-electron chi connectivity index (χ2n) is 6.64. The standard InChI is InChI=1S/C19H14ClN3O8S2/c1-13-12-14(20)2-11-19(13)23(32(28,29)17-7-3-15(4-8-17)21(24)25)33(30,31)18-9-5-16(6-10-18)22(26)27/h2-12H,1H3. The van der Waals surface area contributed by atoms with Crippen molar-refractivity contribution >= 4 is 48.7 Å². The van der Waals surface area contributed by atoms with Crippen molar-refractivity contribution < 1.29 is 26.7 Å². The number of halogens is 1. The Morgan fingerprint density at radius 1 is 0.727 bits per heavy atom. The average Bonchev–Trinajstić information content (AvgIpc) is 2.75. The molecule has 33 heavy (non-hydrogen) atoms. The fraction of sp³-hybridized carbons (Fsp3) is 0.0526. The second-order valence-corrected chi connectivity index (χ2v) is 10.9. The van der Waals surface area contributed by atoms with Crippen LogP contribution in [0.1, 0.15) is 5.56 Å². The van der Waals surface area contributed by atoms with Crippen molar-refractivity contribution in [2.24, 2.45) is 0 Å². The zero-order valence-corrected chi connectivity index (χ0v) is 19.0. The summed E-state index contributed by atoms with van der Waals surface area (Å²) in [5.74, 6) is 0. The zero-order valence-electron chi connectivity index (χ0n) is 16.7. The van der Waals surface area contributed by atoms with Crippen LogP contribution >= 0.6 is 11.6 Å². The van der Waals surface area contributed by atoms with E-state index in [-0.39, 0.29) is 31.4 Å². The summed E-state index contributed by atoms with van der Waals surface area (Å²) in [6.45, 7) is 1.45. The molecule has 0 saturated carbocycles. The van der Waals surface area contributed by atoms with E-state index in [9.17, 15) is 37.1 Å².